The van der Waals surface area contributed by atoms with Crippen LogP contribution in [0.25, 0.3) is 0 Å². The number of rotatable bonds is 49. The highest BCUT2D eigenvalue weighted by Crippen LogP contribution is 2.16. The van der Waals surface area contributed by atoms with Crippen LogP contribution >= 0.6 is 0 Å². The van der Waals surface area contributed by atoms with Crippen molar-refractivity contribution >= 4 is 23.6 Å². The van der Waals surface area contributed by atoms with E-state index in [0.717, 1.165) is 0 Å². The maximum absolute atomic E-state index is 12.7. The summed E-state index contributed by atoms with van der Waals surface area (Å²) in [6.07, 6.45) is -3.69. The molecule has 27 nitrogen and oxygen atoms in total. The van der Waals surface area contributed by atoms with Crippen LogP contribution in [0.4, 0.5) is 0 Å². The van der Waals surface area contributed by atoms with Gasteiger partial charge in [-0.3, -0.25) is 19.2 Å². The second-order valence-corrected chi connectivity index (χ2v) is 16.3. The third-order valence-corrected chi connectivity index (χ3v) is 10.4. The molecule has 2 fully saturated rings. The third-order valence-electron chi connectivity index (χ3n) is 10.4. The van der Waals surface area contributed by atoms with E-state index in [4.69, 9.17) is 71.1 Å². The lowest BCUT2D eigenvalue weighted by Gasteiger charge is -2.31. The molecule has 0 spiro atoms. The van der Waals surface area contributed by atoms with Gasteiger partial charge in [0, 0.05) is 46.2 Å². The Balaban J connectivity index is 1.49. The van der Waals surface area contributed by atoms with Crippen LogP contribution in [-0.2, 0) is 90.2 Å². The quantitative estimate of drug-likeness (QED) is 0.0266. The average Bonchev–Trinajstić information content (AvgIpc) is 3.38. The van der Waals surface area contributed by atoms with Crippen molar-refractivity contribution < 1.29 is 111 Å². The van der Waals surface area contributed by atoms with Crippen LogP contribution in [0.1, 0.15) is 25.7 Å². The second kappa shape index (κ2) is 46.4. The maximum atomic E-state index is 12.7. The summed E-state index contributed by atoms with van der Waals surface area (Å²) in [5, 5.41) is 49.9. The zero-order valence-corrected chi connectivity index (χ0v) is 42.6. The van der Waals surface area contributed by atoms with Crippen molar-refractivity contribution in [2.24, 2.45) is 0 Å². The monoisotopic (exact) mass is 1060 g/mol. The summed E-state index contributed by atoms with van der Waals surface area (Å²) in [5.74, 6) is -1.16. The standard InChI is InChI=1S/C46H86N4O23/c1-47-43(55)34-70-28-24-65-25-29-71-35-44(56)50-36(30-66-8-4-41(53)48-6-12-59-14-16-61-18-20-63-22-26-68-32-39-45(57)37(51)2-10-72-39)31-67-9-5-42(54)49-7-13-60-15-17-62-19-21-64-23-27-69-33-40-46(58)38(52)3-11-73-40/h36-40,45-46,51-52,57-58H,2-35H2,1H3,(H,47,55)(H,48,53)(H,49,54)(H,50,56)/t37-,38-,39-,40-,45-,46-/m1/s1. The van der Waals surface area contributed by atoms with Crippen molar-refractivity contribution in [1.29, 1.82) is 0 Å². The lowest BCUT2D eigenvalue weighted by Crippen LogP contribution is -2.46. The van der Waals surface area contributed by atoms with E-state index in [1.165, 1.54) is 7.05 Å². The molecule has 2 aliphatic rings. The zero-order valence-electron chi connectivity index (χ0n) is 42.6. The average molecular weight is 1060 g/mol. The molecule has 2 saturated heterocycles. The van der Waals surface area contributed by atoms with Gasteiger partial charge in [0.25, 0.3) is 0 Å². The molecule has 0 radical (unpaired) electrons. The number of ether oxygens (including phenoxy) is 15. The molecule has 0 aromatic rings. The summed E-state index contributed by atoms with van der Waals surface area (Å²) in [6, 6.07) is -0.610. The van der Waals surface area contributed by atoms with Crippen molar-refractivity contribution in [1.82, 2.24) is 21.3 Å². The third kappa shape index (κ3) is 37.5. The number of aliphatic hydroxyl groups is 4. The molecular weight excluding hydrogens is 977 g/mol. The molecule has 2 aliphatic heterocycles. The number of hydrogen-bond acceptors (Lipinski definition) is 23. The first-order valence-electron chi connectivity index (χ1n) is 25.1. The van der Waals surface area contributed by atoms with Crippen molar-refractivity contribution in [2.45, 2.75) is 68.3 Å². The SMILES string of the molecule is CNC(=O)COCCOCCOCC(=O)NC(COCCC(=O)NCCOCCOCCOCCOC[C@H]1OCC[C@@H](O)[C@H]1O)COCCC(=O)NCCOCCOCCOCCOC[C@H]1OCC[C@@H](O)[C@H]1O. The highest BCUT2D eigenvalue weighted by molar-refractivity contribution is 5.78. The van der Waals surface area contributed by atoms with E-state index in [1.807, 2.05) is 0 Å². The molecule has 428 valence electrons. The van der Waals surface area contributed by atoms with E-state index in [-0.39, 0.29) is 136 Å². The molecule has 6 atom stereocenters. The van der Waals surface area contributed by atoms with Crippen LogP contribution < -0.4 is 21.3 Å². The van der Waals surface area contributed by atoms with Crippen LogP contribution in [0, 0.1) is 0 Å². The van der Waals surface area contributed by atoms with Crippen LogP contribution in [0.5, 0.6) is 0 Å². The largest absolute Gasteiger partial charge is 0.390 e. The molecule has 2 heterocycles. The van der Waals surface area contributed by atoms with E-state index in [1.54, 1.807) is 0 Å². The first-order valence-corrected chi connectivity index (χ1v) is 25.1. The number of amides is 4. The van der Waals surface area contributed by atoms with Gasteiger partial charge in [-0.15, -0.1) is 0 Å². The van der Waals surface area contributed by atoms with Crippen molar-refractivity contribution in [3.05, 3.63) is 0 Å². The maximum Gasteiger partial charge on any atom is 0.246 e. The Morgan fingerprint density at radius 1 is 0.438 bits per heavy atom. The van der Waals surface area contributed by atoms with E-state index >= 15 is 0 Å². The predicted octanol–water partition coefficient (Wildman–Crippen LogP) is -4.53. The topological polar surface area (TPSA) is 336 Å². The fourth-order valence-corrected chi connectivity index (χ4v) is 6.35. The molecule has 8 N–H and O–H groups in total. The van der Waals surface area contributed by atoms with Gasteiger partial charge in [0.1, 0.15) is 37.6 Å². The fourth-order valence-electron chi connectivity index (χ4n) is 6.35. The van der Waals surface area contributed by atoms with Gasteiger partial charge >= 0.3 is 0 Å². The van der Waals surface area contributed by atoms with Crippen LogP contribution in [0.2, 0.25) is 0 Å². The summed E-state index contributed by atoms with van der Waals surface area (Å²) in [7, 11) is 1.51. The van der Waals surface area contributed by atoms with E-state index < -0.39 is 48.6 Å². The first kappa shape index (κ1) is 66.2. The first-order chi connectivity index (χ1) is 35.6. The minimum Gasteiger partial charge on any atom is -0.390 e. The minimum atomic E-state index is -0.960. The van der Waals surface area contributed by atoms with Crippen LogP contribution in [0.3, 0.4) is 0 Å². The number of likely N-dealkylation sites (N-methyl/N-ethyl adjacent to an activating group) is 1. The second-order valence-electron chi connectivity index (χ2n) is 16.3. The van der Waals surface area contributed by atoms with Crippen molar-refractivity contribution in [3.63, 3.8) is 0 Å². The molecular formula is C46H86N4O23. The van der Waals surface area contributed by atoms with Gasteiger partial charge in [0.2, 0.25) is 23.6 Å². The molecule has 27 heteroatoms. The summed E-state index contributed by atoms with van der Waals surface area (Å²) in [6.45, 7) is 7.08. The summed E-state index contributed by atoms with van der Waals surface area (Å²) in [4.78, 5) is 48.6. The predicted molar refractivity (Wildman–Crippen MR) is 255 cm³/mol. The molecule has 0 aromatic carbocycles. The molecule has 0 bridgehead atoms. The number of carbonyl (C=O) groups is 4. The lowest BCUT2D eigenvalue weighted by atomic mass is 10.0. The number of hydrogen-bond donors (Lipinski definition) is 8. The Hall–Kier alpha value is -2.88. The van der Waals surface area contributed by atoms with E-state index in [9.17, 15) is 39.6 Å². The number of nitrogens with one attached hydrogen (secondary N) is 4. The summed E-state index contributed by atoms with van der Waals surface area (Å²) >= 11 is 0. The van der Waals surface area contributed by atoms with Gasteiger partial charge < -0.3 is 113 Å². The van der Waals surface area contributed by atoms with Gasteiger partial charge in [-0.25, -0.2) is 0 Å². The van der Waals surface area contributed by atoms with Gasteiger partial charge in [-0.05, 0) is 12.8 Å². The van der Waals surface area contributed by atoms with Crippen molar-refractivity contribution in [3.8, 4) is 0 Å². The highest BCUT2D eigenvalue weighted by Gasteiger charge is 2.32. The van der Waals surface area contributed by atoms with Crippen molar-refractivity contribution in [2.75, 3.05) is 205 Å². The molecule has 0 aliphatic carbocycles. The lowest BCUT2D eigenvalue weighted by molar-refractivity contribution is -0.156. The Morgan fingerprint density at radius 2 is 0.781 bits per heavy atom. The molecule has 0 unspecified atom stereocenters. The Kier molecular flexibility index (Phi) is 42.1. The molecule has 2 rings (SSSR count). The van der Waals surface area contributed by atoms with Gasteiger partial charge in [0.05, 0.1) is 177 Å². The molecule has 73 heavy (non-hydrogen) atoms. The number of aliphatic hydroxyl groups excluding tert-OH is 4. The zero-order chi connectivity index (χ0) is 52.8. The van der Waals surface area contributed by atoms with E-state index in [0.29, 0.717) is 105 Å². The Bertz CT molecular complexity index is 1290. The number of carbonyl (C=O) groups excluding carboxylic acids is 4. The van der Waals surface area contributed by atoms with E-state index in [2.05, 4.69) is 21.3 Å². The highest BCUT2D eigenvalue weighted by atomic mass is 16.6. The fraction of sp³-hybridized carbons (Fsp3) is 0.913. The molecule has 4 amide bonds. The molecule has 0 aromatic heterocycles. The molecule has 0 saturated carbocycles. The van der Waals surface area contributed by atoms with Crippen LogP contribution in [0.15, 0.2) is 0 Å². The summed E-state index contributed by atoms with van der Waals surface area (Å²) < 4.78 is 81.9. The van der Waals surface area contributed by atoms with Crippen LogP contribution in [-0.4, -0.2) is 292 Å². The van der Waals surface area contributed by atoms with Gasteiger partial charge in [-0.2, -0.15) is 0 Å². The smallest absolute Gasteiger partial charge is 0.246 e. The minimum absolute atomic E-state index is 0.0258. The van der Waals surface area contributed by atoms with Gasteiger partial charge in [-0.1, -0.05) is 0 Å². The van der Waals surface area contributed by atoms with Gasteiger partial charge in [0.15, 0.2) is 0 Å². The summed E-state index contributed by atoms with van der Waals surface area (Å²) in [5.41, 5.74) is 0. The Morgan fingerprint density at radius 3 is 1.16 bits per heavy atom. The Labute approximate surface area is 428 Å². The normalized spacial score (nSPS) is 20.0.